The number of nitrogens with one attached hydrogen (secondary N) is 1. The van der Waals surface area contributed by atoms with Crippen molar-refractivity contribution in [2.75, 3.05) is 11.9 Å². The maximum absolute atomic E-state index is 12.8. The van der Waals surface area contributed by atoms with E-state index < -0.39 is 38.1 Å². The van der Waals surface area contributed by atoms with Gasteiger partial charge in [0.2, 0.25) is 0 Å². The molecule has 0 bridgehead atoms. The van der Waals surface area contributed by atoms with Crippen LogP contribution in [0.4, 0.5) is 10.6 Å². The fourth-order valence-electron chi connectivity index (χ4n) is 4.83. The van der Waals surface area contributed by atoms with Crippen molar-refractivity contribution in [1.29, 1.82) is 0 Å². The maximum atomic E-state index is 12.8. The molecule has 0 saturated carbocycles. The Morgan fingerprint density at radius 1 is 1.05 bits per heavy atom. The Morgan fingerprint density at radius 3 is 2.36 bits per heavy atom. The van der Waals surface area contributed by atoms with Gasteiger partial charge in [-0.05, 0) is 52.8 Å². The number of hydrogen-bond acceptors (Lipinski definition) is 9. The highest BCUT2D eigenvalue weighted by atomic mass is 28.4. The van der Waals surface area contributed by atoms with Crippen molar-refractivity contribution in [3.05, 3.63) is 36.7 Å². The SMILES string of the molecule is CC(C)(C)OC(=O)Nc1nc(-c2ccccc2)nc2c1ncn2[C@@H]1O[C@H](CO[Si](C)(C)C(C)(C)C)[C@H]2OC(C)(C)O[C@H]21. The van der Waals surface area contributed by atoms with E-state index in [1.807, 2.05) is 48.7 Å². The van der Waals surface area contributed by atoms with Gasteiger partial charge in [-0.25, -0.2) is 19.7 Å². The monoisotopic (exact) mass is 597 g/mol. The van der Waals surface area contributed by atoms with Crippen LogP contribution < -0.4 is 5.32 Å². The molecule has 0 radical (unpaired) electrons. The molecule has 2 fully saturated rings. The van der Waals surface area contributed by atoms with Gasteiger partial charge in [-0.15, -0.1) is 0 Å². The average Bonchev–Trinajstić information content (AvgIpc) is 3.52. The highest BCUT2D eigenvalue weighted by Gasteiger charge is 2.56. The number of benzene rings is 1. The summed E-state index contributed by atoms with van der Waals surface area (Å²) in [6.45, 7) is 20.7. The van der Waals surface area contributed by atoms with Crippen LogP contribution in [0.5, 0.6) is 0 Å². The molecule has 228 valence electrons. The van der Waals surface area contributed by atoms with Crippen LogP contribution in [0.3, 0.4) is 0 Å². The first-order valence-electron chi connectivity index (χ1n) is 14.4. The first kappa shape index (κ1) is 30.6. The van der Waals surface area contributed by atoms with Crippen LogP contribution in [-0.2, 0) is 23.4 Å². The van der Waals surface area contributed by atoms with Gasteiger partial charge >= 0.3 is 6.09 Å². The summed E-state index contributed by atoms with van der Waals surface area (Å²) in [5.41, 5.74) is 0.989. The first-order valence-corrected chi connectivity index (χ1v) is 17.3. The number of carbonyl (C=O) groups is 1. The summed E-state index contributed by atoms with van der Waals surface area (Å²) in [5, 5.41) is 2.83. The topological polar surface area (TPSA) is 119 Å². The quantitative estimate of drug-likeness (QED) is 0.327. The van der Waals surface area contributed by atoms with Gasteiger partial charge in [0.1, 0.15) is 23.9 Å². The second-order valence-corrected chi connectivity index (χ2v) is 18.7. The van der Waals surface area contributed by atoms with Gasteiger partial charge in [-0.1, -0.05) is 51.1 Å². The molecule has 1 amide bonds. The molecule has 2 aromatic heterocycles. The van der Waals surface area contributed by atoms with Crippen LogP contribution in [0.15, 0.2) is 36.7 Å². The molecular weight excluding hydrogens is 554 g/mol. The molecule has 4 heterocycles. The Balaban J connectivity index is 1.53. The summed E-state index contributed by atoms with van der Waals surface area (Å²) in [7, 11) is -2.04. The molecule has 11 nitrogen and oxygen atoms in total. The van der Waals surface area contributed by atoms with Crippen LogP contribution in [0.1, 0.15) is 61.6 Å². The number of imidazole rings is 1. The van der Waals surface area contributed by atoms with Gasteiger partial charge < -0.3 is 23.4 Å². The number of carbonyl (C=O) groups excluding carboxylic acids is 1. The van der Waals surface area contributed by atoms with E-state index in [1.165, 1.54) is 0 Å². The molecule has 4 atom stereocenters. The Morgan fingerprint density at radius 2 is 1.71 bits per heavy atom. The molecule has 42 heavy (non-hydrogen) atoms. The Bertz CT molecular complexity index is 1450. The van der Waals surface area contributed by atoms with E-state index in [2.05, 4.69) is 49.1 Å². The minimum atomic E-state index is -2.04. The summed E-state index contributed by atoms with van der Waals surface area (Å²) in [4.78, 5) is 26.9. The van der Waals surface area contributed by atoms with Gasteiger partial charge in [0.05, 0.1) is 12.9 Å². The first-order chi connectivity index (χ1) is 19.4. The molecule has 12 heteroatoms. The highest BCUT2D eigenvalue weighted by Crippen LogP contribution is 2.45. The molecule has 0 spiro atoms. The van der Waals surface area contributed by atoms with E-state index in [9.17, 15) is 4.79 Å². The number of ether oxygens (including phenoxy) is 4. The zero-order valence-corrected chi connectivity index (χ0v) is 27.2. The molecule has 1 aromatic carbocycles. The van der Waals surface area contributed by atoms with Gasteiger partial charge in [0.25, 0.3) is 0 Å². The predicted octanol–water partition coefficient (Wildman–Crippen LogP) is 6.28. The van der Waals surface area contributed by atoms with E-state index in [0.717, 1.165) is 5.56 Å². The molecular formula is C30H43N5O6Si. The van der Waals surface area contributed by atoms with Crippen molar-refractivity contribution >= 4 is 31.4 Å². The number of nitrogens with zero attached hydrogens (tertiary/aromatic N) is 4. The average molecular weight is 598 g/mol. The van der Waals surface area contributed by atoms with Crippen LogP contribution in [0.2, 0.25) is 18.1 Å². The second-order valence-electron chi connectivity index (χ2n) is 13.9. The van der Waals surface area contributed by atoms with Gasteiger partial charge in [-0.3, -0.25) is 9.88 Å². The Labute approximate surface area is 248 Å². The highest BCUT2D eigenvalue weighted by molar-refractivity contribution is 6.74. The molecule has 1 N–H and O–H groups in total. The van der Waals surface area contributed by atoms with E-state index >= 15 is 0 Å². The number of rotatable bonds is 6. The van der Waals surface area contributed by atoms with E-state index in [-0.39, 0.29) is 23.1 Å². The van der Waals surface area contributed by atoms with Crippen LogP contribution in [-0.4, -0.2) is 70.2 Å². The lowest BCUT2D eigenvalue weighted by Gasteiger charge is -2.37. The van der Waals surface area contributed by atoms with Crippen molar-refractivity contribution in [3.8, 4) is 11.4 Å². The normalized spacial score (nSPS) is 24.1. The van der Waals surface area contributed by atoms with Crippen molar-refractivity contribution in [2.24, 2.45) is 0 Å². The molecule has 2 aliphatic rings. The predicted molar refractivity (Wildman–Crippen MR) is 161 cm³/mol. The molecule has 0 unspecified atom stereocenters. The molecule has 5 rings (SSSR count). The summed E-state index contributed by atoms with van der Waals surface area (Å²) in [6.07, 6.45) is -0.719. The van der Waals surface area contributed by atoms with Gasteiger partial charge in [0, 0.05) is 5.56 Å². The van der Waals surface area contributed by atoms with Crippen LogP contribution in [0, 0.1) is 0 Å². The number of hydrogen-bond donors (Lipinski definition) is 1. The number of amides is 1. The third-order valence-corrected chi connectivity index (χ3v) is 12.4. The molecule has 2 aliphatic heterocycles. The van der Waals surface area contributed by atoms with E-state index in [4.69, 9.17) is 28.4 Å². The Hall–Kier alpha value is -2.90. The summed E-state index contributed by atoms with van der Waals surface area (Å²) < 4.78 is 33.2. The fourth-order valence-corrected chi connectivity index (χ4v) is 5.84. The second kappa shape index (κ2) is 10.7. The van der Waals surface area contributed by atoms with Crippen LogP contribution in [0.25, 0.3) is 22.6 Å². The zero-order valence-electron chi connectivity index (χ0n) is 26.2. The number of fused-ring (bicyclic) bond motifs is 2. The molecule has 0 aliphatic carbocycles. The van der Waals surface area contributed by atoms with Gasteiger partial charge in [0.15, 0.2) is 43.1 Å². The third kappa shape index (κ3) is 6.23. The minimum Gasteiger partial charge on any atom is -0.444 e. The zero-order chi connectivity index (χ0) is 30.7. The van der Waals surface area contributed by atoms with Crippen molar-refractivity contribution < 1.29 is 28.2 Å². The number of aromatic nitrogens is 4. The lowest BCUT2D eigenvalue weighted by Crippen LogP contribution is -2.44. The smallest absolute Gasteiger partial charge is 0.413 e. The summed E-state index contributed by atoms with van der Waals surface area (Å²) in [5.74, 6) is -0.133. The number of anilines is 1. The maximum Gasteiger partial charge on any atom is 0.413 e. The minimum absolute atomic E-state index is 0.0551. The molecule has 2 saturated heterocycles. The van der Waals surface area contributed by atoms with E-state index in [1.54, 1.807) is 27.1 Å². The largest absolute Gasteiger partial charge is 0.444 e. The van der Waals surface area contributed by atoms with E-state index in [0.29, 0.717) is 23.6 Å². The van der Waals surface area contributed by atoms with Crippen molar-refractivity contribution in [2.45, 2.75) is 109 Å². The standard InChI is InChI=1S/C30H43N5O6Si/c1-28(2,3)41-27(36)34-24-20-25(33-23(32-24)18-14-12-11-13-15-18)35(17-31-20)26-22-21(39-30(7,8)40-22)19(38-26)16-37-42(9,10)29(4,5)6/h11-15,17,19,21-22,26H,16H2,1-10H3,(H,32,33,34,36)/t19-,21-,22-,26-/m1/s1. The lowest BCUT2D eigenvalue weighted by atomic mass is 10.1. The van der Waals surface area contributed by atoms with Crippen molar-refractivity contribution in [3.63, 3.8) is 0 Å². The molecule has 3 aromatic rings. The third-order valence-electron chi connectivity index (χ3n) is 7.89. The summed E-state index contributed by atoms with van der Waals surface area (Å²) >= 11 is 0. The van der Waals surface area contributed by atoms with Crippen molar-refractivity contribution in [1.82, 2.24) is 19.5 Å². The van der Waals surface area contributed by atoms with Gasteiger partial charge in [-0.2, -0.15) is 0 Å². The van der Waals surface area contributed by atoms with Crippen LogP contribution >= 0.6 is 0 Å². The summed E-state index contributed by atoms with van der Waals surface area (Å²) in [6, 6.07) is 9.55. The lowest BCUT2D eigenvalue weighted by molar-refractivity contribution is -0.199. The Kier molecular flexibility index (Phi) is 7.76. The fraction of sp³-hybridized carbons (Fsp3) is 0.600.